The smallest absolute Gasteiger partial charge is 0.172 e. The number of nitrogens with two attached hydrogens (primary N) is 1. The maximum atomic E-state index is 13.4. The van der Waals surface area contributed by atoms with Crippen molar-refractivity contribution in [2.45, 2.75) is 20.3 Å². The minimum atomic E-state index is -0.386. The normalized spacial score (nSPS) is 24.6. The van der Waals surface area contributed by atoms with Crippen LogP contribution >= 0.6 is 0 Å². The molecule has 1 aromatic rings. The monoisotopic (exact) mass is 265 g/mol. The van der Waals surface area contributed by atoms with Crippen molar-refractivity contribution in [2.75, 3.05) is 18.0 Å². The van der Waals surface area contributed by atoms with Crippen molar-refractivity contribution in [3.8, 4) is 0 Å². The molecule has 0 bridgehead atoms. The molecule has 19 heavy (non-hydrogen) atoms. The molecule has 1 aliphatic rings. The predicted molar refractivity (Wildman–Crippen MR) is 74.1 cm³/mol. The maximum Gasteiger partial charge on any atom is 0.172 e. The van der Waals surface area contributed by atoms with E-state index >= 15 is 0 Å². The molecule has 1 saturated heterocycles. The number of nitrogens with zero attached hydrogens (tertiary/aromatic N) is 2. The summed E-state index contributed by atoms with van der Waals surface area (Å²) < 4.78 is 13.4. The Balaban J connectivity index is 2.38. The number of oxime groups is 1. The van der Waals surface area contributed by atoms with E-state index in [1.807, 2.05) is 0 Å². The fourth-order valence-corrected chi connectivity index (χ4v) is 2.90. The van der Waals surface area contributed by atoms with Crippen LogP contribution in [0.3, 0.4) is 0 Å². The minimum Gasteiger partial charge on any atom is -0.409 e. The Morgan fingerprint density at radius 1 is 1.37 bits per heavy atom. The summed E-state index contributed by atoms with van der Waals surface area (Å²) in [7, 11) is 0. The van der Waals surface area contributed by atoms with E-state index < -0.39 is 0 Å². The minimum absolute atomic E-state index is 0.0552. The van der Waals surface area contributed by atoms with E-state index in [9.17, 15) is 4.39 Å². The Labute approximate surface area is 112 Å². The average Bonchev–Trinajstić information content (AvgIpc) is 2.36. The zero-order valence-corrected chi connectivity index (χ0v) is 11.3. The van der Waals surface area contributed by atoms with Crippen LogP contribution in [0.1, 0.15) is 25.8 Å². The summed E-state index contributed by atoms with van der Waals surface area (Å²) in [5.41, 5.74) is 6.92. The summed E-state index contributed by atoms with van der Waals surface area (Å²) in [6.45, 7) is 6.22. The summed E-state index contributed by atoms with van der Waals surface area (Å²) in [6, 6.07) is 4.43. The van der Waals surface area contributed by atoms with Crippen LogP contribution in [-0.2, 0) is 0 Å². The van der Waals surface area contributed by atoms with Crippen LogP contribution in [0.15, 0.2) is 23.4 Å². The van der Waals surface area contributed by atoms with E-state index in [-0.39, 0.29) is 11.7 Å². The fourth-order valence-electron chi connectivity index (χ4n) is 2.90. The highest BCUT2D eigenvalue weighted by molar-refractivity contribution is 6.02. The van der Waals surface area contributed by atoms with Gasteiger partial charge in [0.1, 0.15) is 5.82 Å². The second-order valence-electron chi connectivity index (χ2n) is 5.50. The Morgan fingerprint density at radius 3 is 2.58 bits per heavy atom. The fraction of sp³-hybridized carbons (Fsp3) is 0.500. The molecule has 2 rings (SSSR count). The first kappa shape index (κ1) is 13.6. The molecule has 4 nitrogen and oxygen atoms in total. The summed E-state index contributed by atoms with van der Waals surface area (Å²) in [5, 5.41) is 11.8. The molecular weight excluding hydrogens is 245 g/mol. The van der Waals surface area contributed by atoms with E-state index in [1.165, 1.54) is 18.6 Å². The second-order valence-corrected chi connectivity index (χ2v) is 5.50. The third-order valence-corrected chi connectivity index (χ3v) is 3.55. The maximum absolute atomic E-state index is 13.4. The Bertz CT molecular complexity index is 480. The molecular formula is C14H20FN3O. The van der Waals surface area contributed by atoms with Gasteiger partial charge in [0, 0.05) is 24.3 Å². The van der Waals surface area contributed by atoms with Gasteiger partial charge in [-0.3, -0.25) is 0 Å². The molecule has 0 aliphatic carbocycles. The van der Waals surface area contributed by atoms with Crippen molar-refractivity contribution >= 4 is 11.5 Å². The number of hydrogen-bond acceptors (Lipinski definition) is 3. The van der Waals surface area contributed by atoms with E-state index in [1.54, 1.807) is 6.07 Å². The van der Waals surface area contributed by atoms with Gasteiger partial charge in [-0.1, -0.05) is 19.0 Å². The number of benzene rings is 1. The van der Waals surface area contributed by atoms with Gasteiger partial charge in [-0.2, -0.15) is 0 Å². The van der Waals surface area contributed by atoms with Crippen LogP contribution in [0.25, 0.3) is 0 Å². The van der Waals surface area contributed by atoms with Crippen molar-refractivity contribution in [3.05, 3.63) is 29.6 Å². The highest BCUT2D eigenvalue weighted by Crippen LogP contribution is 2.29. The molecule has 3 N–H and O–H groups in total. The lowest BCUT2D eigenvalue weighted by Crippen LogP contribution is -2.39. The Morgan fingerprint density at radius 2 is 2.00 bits per heavy atom. The first-order valence-corrected chi connectivity index (χ1v) is 6.53. The molecule has 2 atom stereocenters. The third-order valence-electron chi connectivity index (χ3n) is 3.55. The van der Waals surface area contributed by atoms with Crippen LogP contribution in [-0.4, -0.2) is 24.1 Å². The lowest BCUT2D eigenvalue weighted by Gasteiger charge is -2.37. The van der Waals surface area contributed by atoms with E-state index in [2.05, 4.69) is 23.9 Å². The van der Waals surface area contributed by atoms with Gasteiger partial charge in [0.2, 0.25) is 0 Å². The highest BCUT2D eigenvalue weighted by Gasteiger charge is 2.24. The first-order chi connectivity index (χ1) is 9.01. The quantitative estimate of drug-likeness (QED) is 0.373. The molecule has 1 aliphatic heterocycles. The average molecular weight is 265 g/mol. The SMILES string of the molecule is CC1CC(C)CN(c2ccc(F)cc2C(N)=NO)C1. The van der Waals surface area contributed by atoms with E-state index in [0.29, 0.717) is 17.4 Å². The topological polar surface area (TPSA) is 61.8 Å². The zero-order valence-electron chi connectivity index (χ0n) is 11.3. The second kappa shape index (κ2) is 5.47. The van der Waals surface area contributed by atoms with Gasteiger partial charge < -0.3 is 15.8 Å². The van der Waals surface area contributed by atoms with Crippen LogP contribution in [0, 0.1) is 17.7 Å². The number of hydrogen-bond donors (Lipinski definition) is 2. The lowest BCUT2D eigenvalue weighted by molar-refractivity contribution is 0.318. The molecule has 1 fully saturated rings. The third kappa shape index (κ3) is 2.97. The van der Waals surface area contributed by atoms with Gasteiger partial charge >= 0.3 is 0 Å². The zero-order chi connectivity index (χ0) is 14.0. The van der Waals surface area contributed by atoms with Crippen molar-refractivity contribution in [1.29, 1.82) is 0 Å². The van der Waals surface area contributed by atoms with Crippen LogP contribution in [0.5, 0.6) is 0 Å². The molecule has 0 amide bonds. The molecule has 1 heterocycles. The Kier molecular flexibility index (Phi) is 3.93. The molecule has 104 valence electrons. The van der Waals surface area contributed by atoms with Crippen molar-refractivity contribution in [1.82, 2.24) is 0 Å². The standard InChI is InChI=1S/C14H20FN3O/c1-9-5-10(2)8-18(7-9)13-4-3-11(15)6-12(13)14(16)17-19/h3-4,6,9-10,19H,5,7-8H2,1-2H3,(H2,16,17). The summed E-state index contributed by atoms with van der Waals surface area (Å²) in [6.07, 6.45) is 1.19. The summed E-state index contributed by atoms with van der Waals surface area (Å²) in [4.78, 5) is 2.19. The van der Waals surface area contributed by atoms with Gasteiger partial charge in [-0.15, -0.1) is 0 Å². The van der Waals surface area contributed by atoms with Crippen molar-refractivity contribution in [2.24, 2.45) is 22.7 Å². The van der Waals surface area contributed by atoms with Gasteiger partial charge in [0.05, 0.1) is 0 Å². The summed E-state index contributed by atoms with van der Waals surface area (Å²) >= 11 is 0. The molecule has 0 aromatic heterocycles. The van der Waals surface area contributed by atoms with Crippen LogP contribution < -0.4 is 10.6 Å². The van der Waals surface area contributed by atoms with Crippen molar-refractivity contribution in [3.63, 3.8) is 0 Å². The van der Waals surface area contributed by atoms with Crippen molar-refractivity contribution < 1.29 is 9.60 Å². The molecule has 5 heteroatoms. The lowest BCUT2D eigenvalue weighted by atomic mass is 9.91. The number of halogens is 1. The largest absolute Gasteiger partial charge is 0.409 e. The van der Waals surface area contributed by atoms with Gasteiger partial charge in [-0.25, -0.2) is 4.39 Å². The van der Waals surface area contributed by atoms with E-state index in [4.69, 9.17) is 10.9 Å². The molecule has 0 saturated carbocycles. The Hall–Kier alpha value is -1.78. The van der Waals surface area contributed by atoms with Gasteiger partial charge in [0.15, 0.2) is 5.84 Å². The number of anilines is 1. The predicted octanol–water partition coefficient (Wildman–Crippen LogP) is 2.40. The van der Waals surface area contributed by atoms with Gasteiger partial charge in [0.25, 0.3) is 0 Å². The van der Waals surface area contributed by atoms with Crippen LogP contribution in [0.2, 0.25) is 0 Å². The molecule has 2 unspecified atom stereocenters. The van der Waals surface area contributed by atoms with Gasteiger partial charge in [-0.05, 0) is 36.5 Å². The molecule has 1 aromatic carbocycles. The summed E-state index contributed by atoms with van der Waals surface area (Å²) in [5.74, 6) is 0.715. The number of rotatable bonds is 2. The highest BCUT2D eigenvalue weighted by atomic mass is 19.1. The van der Waals surface area contributed by atoms with E-state index in [0.717, 1.165) is 18.8 Å². The first-order valence-electron chi connectivity index (χ1n) is 6.53. The van der Waals surface area contributed by atoms with Crippen LogP contribution in [0.4, 0.5) is 10.1 Å². The molecule has 0 spiro atoms. The number of amidine groups is 1. The molecule has 0 radical (unpaired) electrons. The number of piperidine rings is 1.